The molecule has 1 N–H and O–H groups in total. The van der Waals surface area contributed by atoms with Crippen molar-refractivity contribution >= 4 is 16.9 Å². The lowest BCUT2D eigenvalue weighted by atomic mass is 9.86. The SMILES string of the molecule is O=C(OCC12CCN(CC1)C2)c1c[nH]c2cc(OC(F)F)ccc12. The van der Waals surface area contributed by atoms with Gasteiger partial charge in [0.15, 0.2) is 0 Å². The Labute approximate surface area is 137 Å². The summed E-state index contributed by atoms with van der Waals surface area (Å²) in [4.78, 5) is 17.7. The average Bonchev–Trinajstić information content (AvgIpc) is 3.26. The summed E-state index contributed by atoms with van der Waals surface area (Å²) in [5.41, 5.74) is 1.09. The van der Waals surface area contributed by atoms with Crippen molar-refractivity contribution in [1.82, 2.24) is 9.88 Å². The standard InChI is InChI=1S/C17H18F2N2O3/c18-16(19)24-11-1-2-12-13(8-20-14(12)7-11)15(22)23-10-17-3-5-21(9-17)6-4-17/h1-2,7-8,16,20H,3-6,9-10H2. The average molecular weight is 336 g/mol. The second-order valence-electron chi connectivity index (χ2n) is 6.64. The number of carbonyl (C=O) groups excluding carboxylic acids is 1. The monoisotopic (exact) mass is 336 g/mol. The molecular weight excluding hydrogens is 318 g/mol. The van der Waals surface area contributed by atoms with Crippen molar-refractivity contribution in [3.8, 4) is 5.75 Å². The first-order valence-electron chi connectivity index (χ1n) is 8.00. The van der Waals surface area contributed by atoms with Gasteiger partial charge in [-0.1, -0.05) is 0 Å². The van der Waals surface area contributed by atoms with Crippen molar-refractivity contribution in [2.45, 2.75) is 19.5 Å². The number of nitrogens with one attached hydrogen (secondary N) is 1. The van der Waals surface area contributed by atoms with Crippen LogP contribution < -0.4 is 4.74 Å². The zero-order chi connectivity index (χ0) is 16.7. The molecule has 5 nitrogen and oxygen atoms in total. The molecule has 2 aliphatic heterocycles. The summed E-state index contributed by atoms with van der Waals surface area (Å²) >= 11 is 0. The molecule has 7 heteroatoms. The van der Waals surface area contributed by atoms with Gasteiger partial charge in [0.25, 0.3) is 0 Å². The summed E-state index contributed by atoms with van der Waals surface area (Å²) < 4.78 is 34.5. The molecule has 0 spiro atoms. The van der Waals surface area contributed by atoms with E-state index in [9.17, 15) is 13.6 Å². The second-order valence-corrected chi connectivity index (χ2v) is 6.64. The number of benzene rings is 1. The molecule has 2 aromatic rings. The Bertz CT molecular complexity index is 766. The first kappa shape index (κ1) is 15.4. The van der Waals surface area contributed by atoms with Crippen LogP contribution in [0.15, 0.2) is 24.4 Å². The number of aromatic nitrogens is 1. The molecule has 2 aliphatic rings. The van der Waals surface area contributed by atoms with Gasteiger partial charge in [-0.3, -0.25) is 0 Å². The lowest BCUT2D eigenvalue weighted by Crippen LogP contribution is -2.27. The normalized spacial score (nSPS) is 25.5. The lowest BCUT2D eigenvalue weighted by molar-refractivity contribution is -0.0497. The van der Waals surface area contributed by atoms with Gasteiger partial charge in [0.05, 0.1) is 12.2 Å². The predicted octanol–water partition coefficient (Wildman–Crippen LogP) is 3.02. The number of fused-ring (bicyclic) bond motifs is 3. The van der Waals surface area contributed by atoms with E-state index in [0.29, 0.717) is 23.1 Å². The number of rotatable bonds is 5. The van der Waals surface area contributed by atoms with Crippen LogP contribution in [-0.4, -0.2) is 48.7 Å². The highest BCUT2D eigenvalue weighted by Gasteiger charge is 2.44. The number of piperidine rings is 1. The highest BCUT2D eigenvalue weighted by atomic mass is 19.3. The number of carbonyl (C=O) groups is 1. The molecular formula is C17H18F2N2O3. The predicted molar refractivity (Wildman–Crippen MR) is 83.3 cm³/mol. The number of halogens is 2. The molecule has 0 unspecified atom stereocenters. The van der Waals surface area contributed by atoms with Crippen LogP contribution in [0, 0.1) is 5.41 Å². The molecule has 0 atom stereocenters. The van der Waals surface area contributed by atoms with Gasteiger partial charge in [-0.2, -0.15) is 8.78 Å². The molecule has 2 fully saturated rings. The minimum absolute atomic E-state index is 0.0511. The molecule has 0 saturated carbocycles. The first-order chi connectivity index (χ1) is 11.5. The van der Waals surface area contributed by atoms with Crippen molar-refractivity contribution in [1.29, 1.82) is 0 Å². The van der Waals surface area contributed by atoms with Gasteiger partial charge < -0.3 is 19.4 Å². The number of aromatic amines is 1. The maximum Gasteiger partial charge on any atom is 0.387 e. The van der Waals surface area contributed by atoms with E-state index in [1.807, 2.05) is 0 Å². The van der Waals surface area contributed by atoms with Crippen LogP contribution in [0.3, 0.4) is 0 Å². The van der Waals surface area contributed by atoms with Gasteiger partial charge in [-0.15, -0.1) is 0 Å². The van der Waals surface area contributed by atoms with Crippen LogP contribution in [0.5, 0.6) is 5.75 Å². The molecule has 3 heterocycles. The lowest BCUT2D eigenvalue weighted by Gasteiger charge is -2.24. The molecule has 1 aromatic heterocycles. The fourth-order valence-electron chi connectivity index (χ4n) is 3.75. The summed E-state index contributed by atoms with van der Waals surface area (Å²) in [7, 11) is 0. The quantitative estimate of drug-likeness (QED) is 0.853. The van der Waals surface area contributed by atoms with E-state index in [-0.39, 0.29) is 17.1 Å². The highest BCUT2D eigenvalue weighted by molar-refractivity contribution is 6.04. The van der Waals surface area contributed by atoms with Crippen LogP contribution in [0.2, 0.25) is 0 Å². The van der Waals surface area contributed by atoms with Crippen molar-refractivity contribution in [2.24, 2.45) is 5.41 Å². The third kappa shape index (κ3) is 2.73. The van der Waals surface area contributed by atoms with E-state index in [1.165, 1.54) is 12.1 Å². The number of nitrogens with zero attached hydrogens (tertiary/aromatic N) is 1. The molecule has 24 heavy (non-hydrogen) atoms. The summed E-state index contributed by atoms with van der Waals surface area (Å²) in [6, 6.07) is 4.46. The molecule has 1 aromatic carbocycles. The number of hydrogen-bond donors (Lipinski definition) is 1. The summed E-state index contributed by atoms with van der Waals surface area (Å²) in [5.74, 6) is -0.335. The minimum Gasteiger partial charge on any atom is -0.461 e. The van der Waals surface area contributed by atoms with Gasteiger partial charge in [0, 0.05) is 35.1 Å². The number of esters is 1. The van der Waals surface area contributed by atoms with Crippen LogP contribution >= 0.6 is 0 Å². The fourth-order valence-corrected chi connectivity index (χ4v) is 3.75. The number of ether oxygens (including phenoxy) is 2. The summed E-state index contributed by atoms with van der Waals surface area (Å²) in [6.45, 7) is 0.720. The second kappa shape index (κ2) is 5.73. The first-order valence-corrected chi connectivity index (χ1v) is 8.00. The van der Waals surface area contributed by atoms with E-state index in [1.54, 1.807) is 12.3 Å². The van der Waals surface area contributed by atoms with E-state index in [2.05, 4.69) is 14.6 Å². The van der Waals surface area contributed by atoms with Crippen LogP contribution in [0.1, 0.15) is 23.2 Å². The Hall–Kier alpha value is -2.15. The van der Waals surface area contributed by atoms with Gasteiger partial charge in [-0.25, -0.2) is 4.79 Å². The Morgan fingerprint density at radius 1 is 1.33 bits per heavy atom. The maximum absolute atomic E-state index is 12.4. The van der Waals surface area contributed by atoms with Crippen molar-refractivity contribution in [3.05, 3.63) is 30.0 Å². The largest absolute Gasteiger partial charge is 0.461 e. The number of hydrogen-bond acceptors (Lipinski definition) is 4. The molecule has 0 radical (unpaired) electrons. The Morgan fingerprint density at radius 3 is 2.79 bits per heavy atom. The Balaban J connectivity index is 1.48. The number of alkyl halides is 2. The van der Waals surface area contributed by atoms with Crippen LogP contribution in [-0.2, 0) is 4.74 Å². The summed E-state index contributed by atoms with van der Waals surface area (Å²) in [5, 5.41) is 0.638. The van der Waals surface area contributed by atoms with Gasteiger partial charge >= 0.3 is 12.6 Å². The molecule has 0 amide bonds. The van der Waals surface area contributed by atoms with Crippen molar-refractivity contribution in [3.63, 3.8) is 0 Å². The van der Waals surface area contributed by atoms with Gasteiger partial charge in [-0.05, 0) is 38.1 Å². The fraction of sp³-hybridized carbons (Fsp3) is 0.471. The smallest absolute Gasteiger partial charge is 0.387 e. The van der Waals surface area contributed by atoms with E-state index < -0.39 is 6.61 Å². The molecule has 0 aliphatic carbocycles. The molecule has 2 bridgehead atoms. The van der Waals surface area contributed by atoms with Gasteiger partial charge in [0.1, 0.15) is 5.75 Å². The number of H-pyrrole nitrogens is 1. The zero-order valence-corrected chi connectivity index (χ0v) is 13.1. The summed E-state index contributed by atoms with van der Waals surface area (Å²) in [6.07, 6.45) is 3.69. The molecule has 128 valence electrons. The van der Waals surface area contributed by atoms with Gasteiger partial charge in [0.2, 0.25) is 0 Å². The third-order valence-corrected chi connectivity index (χ3v) is 5.08. The van der Waals surface area contributed by atoms with Crippen molar-refractivity contribution in [2.75, 3.05) is 26.2 Å². The topological polar surface area (TPSA) is 54.6 Å². The van der Waals surface area contributed by atoms with E-state index >= 15 is 0 Å². The highest BCUT2D eigenvalue weighted by Crippen LogP contribution is 2.40. The maximum atomic E-state index is 12.4. The molecule has 2 saturated heterocycles. The van der Waals surface area contributed by atoms with E-state index in [0.717, 1.165) is 32.5 Å². The minimum atomic E-state index is -2.88. The zero-order valence-electron chi connectivity index (χ0n) is 13.1. The van der Waals surface area contributed by atoms with Crippen LogP contribution in [0.4, 0.5) is 8.78 Å². The third-order valence-electron chi connectivity index (χ3n) is 5.08. The van der Waals surface area contributed by atoms with Crippen molar-refractivity contribution < 1.29 is 23.0 Å². The van der Waals surface area contributed by atoms with Crippen LogP contribution in [0.25, 0.3) is 10.9 Å². The molecule has 4 rings (SSSR count). The Kier molecular flexibility index (Phi) is 3.68. The van der Waals surface area contributed by atoms with E-state index in [4.69, 9.17) is 4.74 Å². The Morgan fingerprint density at radius 2 is 2.12 bits per heavy atom.